The first-order valence-electron chi connectivity index (χ1n) is 11.9. The van der Waals surface area contributed by atoms with Crippen molar-refractivity contribution < 1.29 is 14.7 Å². The molecule has 0 bridgehead atoms. The molecule has 4 rings (SSSR count). The molecule has 2 fully saturated rings. The summed E-state index contributed by atoms with van der Waals surface area (Å²) in [6.07, 6.45) is 7.70. The summed E-state index contributed by atoms with van der Waals surface area (Å²) in [5.74, 6) is 0.515. The van der Waals surface area contributed by atoms with Crippen LogP contribution in [0.4, 0.5) is 5.82 Å². The van der Waals surface area contributed by atoms with Gasteiger partial charge in [-0.15, -0.1) is 0 Å². The number of nitrogens with zero attached hydrogens (tertiary/aromatic N) is 2. The van der Waals surface area contributed by atoms with Crippen LogP contribution in [0, 0.1) is 17.3 Å². The number of piperidine rings is 1. The number of likely N-dealkylation sites (tertiary alicyclic amines) is 1. The summed E-state index contributed by atoms with van der Waals surface area (Å²) in [4.78, 5) is 30.5. The summed E-state index contributed by atoms with van der Waals surface area (Å²) in [6.45, 7) is 8.00. The molecule has 1 aliphatic carbocycles. The van der Waals surface area contributed by atoms with Crippen LogP contribution in [0.3, 0.4) is 0 Å². The Morgan fingerprint density at radius 1 is 1.00 bits per heavy atom. The van der Waals surface area contributed by atoms with Crippen molar-refractivity contribution in [3.63, 3.8) is 0 Å². The third-order valence-electron chi connectivity index (χ3n) is 7.40. The molecular formula is C26H35N3O3. The van der Waals surface area contributed by atoms with E-state index in [0.29, 0.717) is 43.0 Å². The van der Waals surface area contributed by atoms with Crippen LogP contribution < -0.4 is 5.32 Å². The van der Waals surface area contributed by atoms with E-state index in [2.05, 4.69) is 31.1 Å². The minimum Gasteiger partial charge on any atom is -0.481 e. The van der Waals surface area contributed by atoms with Crippen LogP contribution in [0.15, 0.2) is 30.5 Å². The molecule has 2 heterocycles. The molecule has 1 saturated heterocycles. The Morgan fingerprint density at radius 3 is 2.31 bits per heavy atom. The van der Waals surface area contributed by atoms with Gasteiger partial charge >= 0.3 is 5.97 Å². The van der Waals surface area contributed by atoms with Crippen LogP contribution in [-0.4, -0.2) is 46.0 Å². The van der Waals surface area contributed by atoms with E-state index in [9.17, 15) is 14.7 Å². The van der Waals surface area contributed by atoms with Crippen LogP contribution in [-0.2, 0) is 4.79 Å². The predicted molar refractivity (Wildman–Crippen MR) is 127 cm³/mol. The molecule has 2 N–H and O–H groups in total. The third kappa shape index (κ3) is 5.05. The molecule has 1 aromatic heterocycles. The zero-order chi connectivity index (χ0) is 22.9. The van der Waals surface area contributed by atoms with Crippen LogP contribution >= 0.6 is 0 Å². The lowest BCUT2D eigenvalue weighted by Gasteiger charge is -2.37. The number of amides is 1. The number of pyridine rings is 1. The Labute approximate surface area is 190 Å². The van der Waals surface area contributed by atoms with Crippen molar-refractivity contribution in [3.05, 3.63) is 36.0 Å². The normalized spacial score (nSPS) is 22.7. The van der Waals surface area contributed by atoms with Crippen molar-refractivity contribution in [2.75, 3.05) is 18.4 Å². The van der Waals surface area contributed by atoms with Crippen molar-refractivity contribution >= 4 is 28.5 Å². The van der Waals surface area contributed by atoms with E-state index in [1.54, 1.807) is 4.90 Å². The van der Waals surface area contributed by atoms with E-state index in [-0.39, 0.29) is 11.8 Å². The smallest absolute Gasteiger partial charge is 0.306 e. The second kappa shape index (κ2) is 9.08. The summed E-state index contributed by atoms with van der Waals surface area (Å²) in [7, 11) is 0. The quantitative estimate of drug-likeness (QED) is 0.688. The van der Waals surface area contributed by atoms with Gasteiger partial charge in [0.1, 0.15) is 5.82 Å². The maximum atomic E-state index is 13.0. The first-order chi connectivity index (χ1) is 15.2. The van der Waals surface area contributed by atoms with Crippen molar-refractivity contribution in [3.8, 4) is 0 Å². The first-order valence-corrected chi connectivity index (χ1v) is 11.9. The van der Waals surface area contributed by atoms with E-state index >= 15 is 0 Å². The van der Waals surface area contributed by atoms with Gasteiger partial charge in [0.15, 0.2) is 0 Å². The van der Waals surface area contributed by atoms with Gasteiger partial charge in [-0.1, -0.05) is 26.8 Å². The zero-order valence-corrected chi connectivity index (χ0v) is 19.4. The number of aromatic nitrogens is 1. The Hall–Kier alpha value is -2.63. The monoisotopic (exact) mass is 437 g/mol. The maximum absolute atomic E-state index is 13.0. The Kier molecular flexibility index (Phi) is 6.40. The molecule has 6 heteroatoms. The topological polar surface area (TPSA) is 82.5 Å². The molecule has 172 valence electrons. The molecule has 2 aliphatic rings. The first kappa shape index (κ1) is 22.6. The number of hydrogen-bond donors (Lipinski definition) is 2. The van der Waals surface area contributed by atoms with Crippen LogP contribution in [0.25, 0.3) is 10.8 Å². The standard InChI is InChI=1S/C26H35N3O3/c1-26(2,3)21-6-8-22(9-7-21)28-23-15-20-14-18(4-5-19(20)16-27-23)24(30)29-12-10-17(11-13-29)25(31)32/h4-5,14-17,21-22H,6-13H2,1-3H3,(H,27,28)(H,31,32)/t21-,22-. The summed E-state index contributed by atoms with van der Waals surface area (Å²) in [6, 6.07) is 8.20. The van der Waals surface area contributed by atoms with Gasteiger partial charge in [-0.05, 0) is 73.4 Å². The molecular weight excluding hydrogens is 402 g/mol. The molecule has 0 spiro atoms. The number of nitrogens with one attached hydrogen (secondary N) is 1. The van der Waals surface area contributed by atoms with Gasteiger partial charge in [0.25, 0.3) is 5.91 Å². The molecule has 2 aromatic rings. The highest BCUT2D eigenvalue weighted by Gasteiger charge is 2.30. The van der Waals surface area contributed by atoms with E-state index < -0.39 is 5.97 Å². The number of aliphatic carboxylic acids is 1. The lowest BCUT2D eigenvalue weighted by molar-refractivity contribution is -0.143. The van der Waals surface area contributed by atoms with E-state index in [0.717, 1.165) is 35.3 Å². The number of fused-ring (bicyclic) bond motifs is 1. The van der Waals surface area contributed by atoms with Gasteiger partial charge in [0.2, 0.25) is 0 Å². The van der Waals surface area contributed by atoms with E-state index in [4.69, 9.17) is 0 Å². The molecule has 6 nitrogen and oxygen atoms in total. The Morgan fingerprint density at radius 2 is 1.69 bits per heavy atom. The Balaban J connectivity index is 1.42. The molecule has 1 saturated carbocycles. The summed E-state index contributed by atoms with van der Waals surface area (Å²) < 4.78 is 0. The number of rotatable bonds is 4. The van der Waals surface area contributed by atoms with Crippen molar-refractivity contribution in [1.29, 1.82) is 0 Å². The fourth-order valence-electron chi connectivity index (χ4n) is 5.18. The highest BCUT2D eigenvalue weighted by atomic mass is 16.4. The third-order valence-corrected chi connectivity index (χ3v) is 7.40. The SMILES string of the molecule is CC(C)(C)[C@H]1CC[C@H](Nc2cc3cc(C(=O)N4CCC(C(=O)O)CC4)ccc3cn2)CC1. The average molecular weight is 438 g/mol. The minimum atomic E-state index is -0.762. The van der Waals surface area contributed by atoms with Crippen molar-refractivity contribution in [2.24, 2.45) is 17.3 Å². The van der Waals surface area contributed by atoms with Gasteiger partial charge in [0, 0.05) is 36.3 Å². The summed E-state index contributed by atoms with van der Waals surface area (Å²) in [5.41, 5.74) is 1.02. The van der Waals surface area contributed by atoms with Gasteiger partial charge < -0.3 is 15.3 Å². The van der Waals surface area contributed by atoms with Gasteiger partial charge in [0.05, 0.1) is 5.92 Å². The fourth-order valence-corrected chi connectivity index (χ4v) is 5.18. The van der Waals surface area contributed by atoms with Crippen LogP contribution in [0.5, 0.6) is 0 Å². The highest BCUT2D eigenvalue weighted by Crippen LogP contribution is 2.38. The van der Waals surface area contributed by atoms with Crippen LogP contribution in [0.2, 0.25) is 0 Å². The fraction of sp³-hybridized carbons (Fsp3) is 0.577. The average Bonchev–Trinajstić information content (AvgIpc) is 2.78. The van der Waals surface area contributed by atoms with Gasteiger partial charge in [-0.2, -0.15) is 0 Å². The van der Waals surface area contributed by atoms with E-state index in [1.165, 1.54) is 12.8 Å². The van der Waals surface area contributed by atoms with Gasteiger partial charge in [-0.3, -0.25) is 9.59 Å². The Bertz CT molecular complexity index is 981. The predicted octanol–water partition coefficient (Wildman–Crippen LogP) is 5.19. The maximum Gasteiger partial charge on any atom is 0.306 e. The molecule has 1 aromatic carbocycles. The summed E-state index contributed by atoms with van der Waals surface area (Å²) in [5, 5.41) is 14.8. The summed E-state index contributed by atoms with van der Waals surface area (Å²) >= 11 is 0. The second-order valence-corrected chi connectivity index (χ2v) is 10.6. The number of benzene rings is 1. The number of carbonyl (C=O) groups excluding carboxylic acids is 1. The number of anilines is 1. The highest BCUT2D eigenvalue weighted by molar-refractivity contribution is 5.99. The zero-order valence-electron chi connectivity index (χ0n) is 19.4. The van der Waals surface area contributed by atoms with Gasteiger partial charge in [-0.25, -0.2) is 4.98 Å². The van der Waals surface area contributed by atoms with E-state index in [1.807, 2.05) is 30.5 Å². The molecule has 0 unspecified atom stereocenters. The van der Waals surface area contributed by atoms with Crippen molar-refractivity contribution in [2.45, 2.75) is 65.3 Å². The number of carboxylic acid groups (broad SMARTS) is 1. The second-order valence-electron chi connectivity index (χ2n) is 10.6. The lowest BCUT2D eigenvalue weighted by atomic mass is 9.71. The number of carbonyl (C=O) groups is 2. The molecule has 0 atom stereocenters. The largest absolute Gasteiger partial charge is 0.481 e. The number of hydrogen-bond acceptors (Lipinski definition) is 4. The molecule has 0 radical (unpaired) electrons. The van der Waals surface area contributed by atoms with Crippen molar-refractivity contribution in [1.82, 2.24) is 9.88 Å². The lowest BCUT2D eigenvalue weighted by Crippen LogP contribution is -2.40. The number of carboxylic acids is 1. The molecule has 1 amide bonds. The molecule has 32 heavy (non-hydrogen) atoms. The molecule has 1 aliphatic heterocycles. The van der Waals surface area contributed by atoms with Crippen LogP contribution in [0.1, 0.15) is 69.7 Å². The minimum absolute atomic E-state index is 0.0254.